The number of rotatable bonds is 5. The van der Waals surface area contributed by atoms with Crippen molar-refractivity contribution in [1.82, 2.24) is 23.9 Å². The van der Waals surface area contributed by atoms with Gasteiger partial charge in [-0.05, 0) is 30.2 Å². The second kappa shape index (κ2) is 9.10. The van der Waals surface area contributed by atoms with E-state index >= 15 is 0 Å². The van der Waals surface area contributed by atoms with Gasteiger partial charge in [-0.25, -0.2) is 14.5 Å². The number of carbonyl (C=O) groups excluding carboxylic acids is 1. The Balaban J connectivity index is 1.54. The molecule has 0 aliphatic carbocycles. The Labute approximate surface area is 206 Å². The fourth-order valence-electron chi connectivity index (χ4n) is 4.15. The number of benzene rings is 2. The fraction of sp³-hybridized carbons (Fsp3) is 0.148. The lowest BCUT2D eigenvalue weighted by atomic mass is 10.1. The first kappa shape index (κ1) is 23.0. The van der Waals surface area contributed by atoms with Crippen LogP contribution in [0.5, 0.6) is 0 Å². The van der Waals surface area contributed by atoms with Crippen molar-refractivity contribution in [3.05, 3.63) is 110 Å². The smallest absolute Gasteiger partial charge is 0.305 e. The summed E-state index contributed by atoms with van der Waals surface area (Å²) in [6, 6.07) is 22.6. The monoisotopic (exact) mass is 480 g/mol. The molecule has 0 radical (unpaired) electrons. The Kier molecular flexibility index (Phi) is 5.81. The molecule has 9 nitrogen and oxygen atoms in total. The summed E-state index contributed by atoms with van der Waals surface area (Å²) in [5, 5.41) is 7.94. The van der Waals surface area contributed by atoms with Crippen LogP contribution in [0.4, 0.5) is 5.82 Å². The van der Waals surface area contributed by atoms with Gasteiger partial charge in [0.1, 0.15) is 17.2 Å². The van der Waals surface area contributed by atoms with Crippen molar-refractivity contribution in [2.45, 2.75) is 13.5 Å². The molecule has 5 rings (SSSR count). The minimum Gasteiger partial charge on any atom is -0.305 e. The van der Waals surface area contributed by atoms with Gasteiger partial charge in [-0.3, -0.25) is 18.7 Å². The van der Waals surface area contributed by atoms with E-state index in [4.69, 9.17) is 5.10 Å². The molecule has 2 aromatic carbocycles. The van der Waals surface area contributed by atoms with Crippen LogP contribution in [0.15, 0.2) is 82.4 Å². The summed E-state index contributed by atoms with van der Waals surface area (Å²) in [5.41, 5.74) is 3.05. The van der Waals surface area contributed by atoms with Gasteiger partial charge < -0.3 is 5.32 Å². The Morgan fingerprint density at radius 2 is 1.64 bits per heavy atom. The number of carbonyl (C=O) groups is 1. The summed E-state index contributed by atoms with van der Waals surface area (Å²) >= 11 is 0. The lowest BCUT2D eigenvalue weighted by molar-refractivity contribution is 0.102. The number of nitrogens with zero attached hydrogens (tertiary/aromatic N) is 5. The van der Waals surface area contributed by atoms with Crippen LogP contribution in [0.1, 0.15) is 21.6 Å². The lowest BCUT2D eigenvalue weighted by Crippen LogP contribution is -2.37. The van der Waals surface area contributed by atoms with E-state index in [1.807, 2.05) is 67.6 Å². The van der Waals surface area contributed by atoms with Crippen LogP contribution in [-0.4, -0.2) is 29.8 Å². The van der Waals surface area contributed by atoms with Crippen LogP contribution in [0.2, 0.25) is 0 Å². The standard InChI is InChI=1S/C27H24N6O3/c1-17-9-7-8-12-19(17)22-15-23(33(30-22)16-18-10-5-4-6-11-18)29-25(34)21-14-13-20-24(28-21)31(2)27(36)32(3)26(20)35/h4-15H,16H2,1-3H3,(H,29,34). The second-order valence-corrected chi connectivity index (χ2v) is 8.60. The van der Waals surface area contributed by atoms with E-state index in [0.29, 0.717) is 12.4 Å². The Morgan fingerprint density at radius 1 is 0.917 bits per heavy atom. The van der Waals surface area contributed by atoms with Crippen LogP contribution in [0.25, 0.3) is 22.3 Å². The summed E-state index contributed by atoms with van der Waals surface area (Å²) in [7, 11) is 2.92. The molecule has 0 spiro atoms. The van der Waals surface area contributed by atoms with Gasteiger partial charge in [0.25, 0.3) is 11.5 Å². The highest BCUT2D eigenvalue weighted by Gasteiger charge is 2.18. The number of nitrogens with one attached hydrogen (secondary N) is 1. The lowest BCUT2D eigenvalue weighted by Gasteiger charge is -2.10. The SMILES string of the molecule is Cc1ccccc1-c1cc(NC(=O)c2ccc3c(=O)n(C)c(=O)n(C)c3n2)n(Cc2ccccc2)n1. The van der Waals surface area contributed by atoms with Crippen molar-refractivity contribution in [3.63, 3.8) is 0 Å². The van der Waals surface area contributed by atoms with E-state index in [0.717, 1.165) is 27.0 Å². The molecule has 0 saturated carbocycles. The highest BCUT2D eigenvalue weighted by Crippen LogP contribution is 2.26. The molecular formula is C27H24N6O3. The van der Waals surface area contributed by atoms with Crippen molar-refractivity contribution >= 4 is 22.8 Å². The first-order valence-electron chi connectivity index (χ1n) is 11.4. The number of amides is 1. The zero-order chi connectivity index (χ0) is 25.4. The zero-order valence-corrected chi connectivity index (χ0v) is 20.1. The van der Waals surface area contributed by atoms with Crippen LogP contribution < -0.4 is 16.6 Å². The first-order chi connectivity index (χ1) is 17.3. The Hall–Kier alpha value is -4.79. The third-order valence-corrected chi connectivity index (χ3v) is 6.15. The van der Waals surface area contributed by atoms with Crippen molar-refractivity contribution in [1.29, 1.82) is 0 Å². The molecule has 1 amide bonds. The number of fused-ring (bicyclic) bond motifs is 1. The highest BCUT2D eigenvalue weighted by molar-refractivity contribution is 6.03. The summed E-state index contributed by atoms with van der Waals surface area (Å²) in [4.78, 5) is 42.4. The third-order valence-electron chi connectivity index (χ3n) is 6.15. The molecule has 0 bridgehead atoms. The number of pyridine rings is 1. The predicted molar refractivity (Wildman–Crippen MR) is 138 cm³/mol. The van der Waals surface area contributed by atoms with Gasteiger partial charge >= 0.3 is 5.69 Å². The maximum absolute atomic E-state index is 13.2. The molecule has 180 valence electrons. The fourth-order valence-corrected chi connectivity index (χ4v) is 4.15. The highest BCUT2D eigenvalue weighted by atomic mass is 16.2. The molecule has 0 atom stereocenters. The Morgan fingerprint density at radius 3 is 2.39 bits per heavy atom. The normalized spacial score (nSPS) is 11.1. The van der Waals surface area contributed by atoms with Gasteiger partial charge in [0.2, 0.25) is 0 Å². The van der Waals surface area contributed by atoms with E-state index < -0.39 is 17.2 Å². The van der Waals surface area contributed by atoms with Crippen molar-refractivity contribution in [3.8, 4) is 11.3 Å². The molecule has 0 fully saturated rings. The van der Waals surface area contributed by atoms with Crippen LogP contribution in [0.3, 0.4) is 0 Å². The minimum absolute atomic E-state index is 0.0793. The molecule has 0 aliphatic heterocycles. The van der Waals surface area contributed by atoms with Crippen molar-refractivity contribution in [2.24, 2.45) is 14.1 Å². The van der Waals surface area contributed by atoms with Crippen LogP contribution in [-0.2, 0) is 20.6 Å². The third kappa shape index (κ3) is 4.11. The van der Waals surface area contributed by atoms with Gasteiger partial charge in [-0.1, -0.05) is 54.6 Å². The van der Waals surface area contributed by atoms with E-state index in [1.54, 1.807) is 4.68 Å². The predicted octanol–water partition coefficient (Wildman–Crippen LogP) is 3.10. The number of aryl methyl sites for hydroxylation is 2. The van der Waals surface area contributed by atoms with E-state index in [1.165, 1.54) is 30.8 Å². The van der Waals surface area contributed by atoms with Gasteiger partial charge in [-0.15, -0.1) is 0 Å². The maximum atomic E-state index is 13.2. The number of aromatic nitrogens is 5. The van der Waals surface area contributed by atoms with Gasteiger partial charge in [0, 0.05) is 25.7 Å². The van der Waals surface area contributed by atoms with Crippen LogP contribution >= 0.6 is 0 Å². The number of hydrogen-bond acceptors (Lipinski definition) is 5. The van der Waals surface area contributed by atoms with E-state index in [2.05, 4.69) is 10.3 Å². The molecule has 0 unspecified atom stereocenters. The van der Waals surface area contributed by atoms with Crippen LogP contribution in [0, 0.1) is 6.92 Å². The molecule has 0 saturated heterocycles. The van der Waals surface area contributed by atoms with E-state index in [9.17, 15) is 14.4 Å². The topological polar surface area (TPSA) is 104 Å². The molecule has 3 heterocycles. The van der Waals surface area contributed by atoms with Crippen molar-refractivity contribution in [2.75, 3.05) is 5.32 Å². The average Bonchev–Trinajstić information content (AvgIpc) is 3.28. The quantitative estimate of drug-likeness (QED) is 0.416. The molecule has 0 aliphatic rings. The molecule has 3 aromatic heterocycles. The summed E-state index contributed by atoms with van der Waals surface area (Å²) in [6.07, 6.45) is 0. The molecular weight excluding hydrogens is 456 g/mol. The second-order valence-electron chi connectivity index (χ2n) is 8.60. The van der Waals surface area contributed by atoms with Gasteiger partial charge in [0.05, 0.1) is 17.6 Å². The van der Waals surface area contributed by atoms with E-state index in [-0.39, 0.29) is 16.7 Å². The van der Waals surface area contributed by atoms with Gasteiger partial charge in [-0.2, -0.15) is 5.10 Å². The summed E-state index contributed by atoms with van der Waals surface area (Å²) in [5.74, 6) is 0.0254. The Bertz CT molecular complexity index is 1730. The molecule has 9 heteroatoms. The first-order valence-corrected chi connectivity index (χ1v) is 11.4. The number of hydrogen-bond donors (Lipinski definition) is 1. The largest absolute Gasteiger partial charge is 0.332 e. The molecule has 5 aromatic rings. The maximum Gasteiger partial charge on any atom is 0.332 e. The summed E-state index contributed by atoms with van der Waals surface area (Å²) in [6.45, 7) is 2.47. The van der Waals surface area contributed by atoms with Gasteiger partial charge in [0.15, 0.2) is 0 Å². The summed E-state index contributed by atoms with van der Waals surface area (Å²) < 4.78 is 4.00. The molecule has 36 heavy (non-hydrogen) atoms. The molecule has 1 N–H and O–H groups in total. The zero-order valence-electron chi connectivity index (χ0n) is 20.1. The number of anilines is 1. The average molecular weight is 481 g/mol. The minimum atomic E-state index is -0.513. The van der Waals surface area contributed by atoms with Crippen molar-refractivity contribution < 1.29 is 4.79 Å².